The number of nitrogens with zero attached hydrogens (tertiary/aromatic N) is 1. The first-order valence-electron chi connectivity index (χ1n) is 10.5. The molecule has 2 saturated heterocycles. The van der Waals surface area contributed by atoms with E-state index in [4.69, 9.17) is 11.6 Å². The minimum atomic E-state index is -0.397. The van der Waals surface area contributed by atoms with Crippen LogP contribution in [0.25, 0.3) is 0 Å². The number of hydrogen-bond acceptors (Lipinski definition) is 2. The fourth-order valence-corrected chi connectivity index (χ4v) is 4.89. The second-order valence-corrected chi connectivity index (χ2v) is 8.86. The number of likely N-dealkylation sites (tertiary alicyclic amines) is 1. The number of hydrogen-bond donors (Lipinski definition) is 1. The highest BCUT2D eigenvalue weighted by Crippen LogP contribution is 2.35. The summed E-state index contributed by atoms with van der Waals surface area (Å²) in [5, 5.41) is 3.82. The third-order valence-electron chi connectivity index (χ3n) is 6.34. The van der Waals surface area contributed by atoms with Crippen molar-refractivity contribution in [1.29, 1.82) is 0 Å². The van der Waals surface area contributed by atoms with E-state index in [1.807, 2.05) is 29.2 Å². The third-order valence-corrected chi connectivity index (χ3v) is 6.59. The van der Waals surface area contributed by atoms with Crippen LogP contribution in [0.1, 0.15) is 55.7 Å². The Kier molecular flexibility index (Phi) is 6.09. The minimum Gasteiger partial charge on any atom is -0.350 e. The second kappa shape index (κ2) is 8.76. The SMILES string of the molecule is O=C1CC[C@@](CCC(=O)N2CCC[C@@H]2c2ccc(F)cc2)(Cc2ccc(Cl)cc2)N1. The zero-order chi connectivity index (χ0) is 21.1. The molecule has 0 spiro atoms. The van der Waals surface area contributed by atoms with Crippen molar-refractivity contribution in [1.82, 2.24) is 10.2 Å². The highest BCUT2D eigenvalue weighted by molar-refractivity contribution is 6.30. The molecule has 0 radical (unpaired) electrons. The van der Waals surface area contributed by atoms with Crippen molar-refractivity contribution in [2.45, 2.75) is 56.5 Å². The van der Waals surface area contributed by atoms with E-state index in [9.17, 15) is 14.0 Å². The number of halogens is 2. The van der Waals surface area contributed by atoms with Crippen LogP contribution in [0, 0.1) is 5.82 Å². The van der Waals surface area contributed by atoms with Crippen molar-refractivity contribution in [2.24, 2.45) is 0 Å². The summed E-state index contributed by atoms with van der Waals surface area (Å²) < 4.78 is 13.3. The summed E-state index contributed by atoms with van der Waals surface area (Å²) in [6.07, 6.45) is 4.72. The van der Waals surface area contributed by atoms with Gasteiger partial charge in [-0.25, -0.2) is 4.39 Å². The van der Waals surface area contributed by atoms with E-state index in [0.29, 0.717) is 30.7 Å². The summed E-state index contributed by atoms with van der Waals surface area (Å²) in [4.78, 5) is 27.0. The van der Waals surface area contributed by atoms with E-state index < -0.39 is 5.54 Å². The molecule has 2 atom stereocenters. The lowest BCUT2D eigenvalue weighted by Crippen LogP contribution is -2.44. The lowest BCUT2D eigenvalue weighted by atomic mass is 9.85. The van der Waals surface area contributed by atoms with Gasteiger partial charge in [-0.15, -0.1) is 0 Å². The summed E-state index contributed by atoms with van der Waals surface area (Å²) in [5.74, 6) is -0.129. The molecule has 2 heterocycles. The second-order valence-electron chi connectivity index (χ2n) is 8.43. The molecule has 2 aliphatic heterocycles. The van der Waals surface area contributed by atoms with Gasteiger partial charge in [0, 0.05) is 29.9 Å². The molecule has 2 aromatic rings. The first-order valence-corrected chi connectivity index (χ1v) is 10.9. The molecule has 2 fully saturated rings. The van der Waals surface area contributed by atoms with Gasteiger partial charge < -0.3 is 10.2 Å². The molecule has 0 unspecified atom stereocenters. The van der Waals surface area contributed by atoms with Crippen molar-refractivity contribution < 1.29 is 14.0 Å². The summed E-state index contributed by atoms with van der Waals surface area (Å²) in [5.41, 5.74) is 1.68. The van der Waals surface area contributed by atoms with Crippen molar-refractivity contribution in [3.63, 3.8) is 0 Å². The molecule has 1 N–H and O–H groups in total. The van der Waals surface area contributed by atoms with Crippen molar-refractivity contribution in [3.8, 4) is 0 Å². The molecule has 30 heavy (non-hydrogen) atoms. The molecule has 4 rings (SSSR count). The van der Waals surface area contributed by atoms with Gasteiger partial charge in [-0.05, 0) is 67.5 Å². The molecular formula is C24H26ClFN2O2. The first kappa shape index (κ1) is 20.9. The maximum atomic E-state index is 13.3. The largest absolute Gasteiger partial charge is 0.350 e. The van der Waals surface area contributed by atoms with Gasteiger partial charge in [-0.1, -0.05) is 35.9 Å². The number of nitrogens with one attached hydrogen (secondary N) is 1. The standard InChI is InChI=1S/C24H26ClFN2O2/c25-19-7-3-17(4-8-19)16-24(13-11-22(29)27-24)14-12-23(30)28-15-1-2-21(28)18-5-9-20(26)10-6-18/h3-10,21H,1-2,11-16H2,(H,27,29)/t21-,24-/m1/s1. The van der Waals surface area contributed by atoms with Crippen LogP contribution in [0.5, 0.6) is 0 Å². The monoisotopic (exact) mass is 428 g/mol. The fourth-order valence-electron chi connectivity index (χ4n) is 4.76. The average molecular weight is 429 g/mol. The zero-order valence-corrected chi connectivity index (χ0v) is 17.6. The molecule has 0 aromatic heterocycles. The van der Waals surface area contributed by atoms with Gasteiger partial charge in [0.05, 0.1) is 6.04 Å². The number of carbonyl (C=O) groups is 2. The lowest BCUT2D eigenvalue weighted by Gasteiger charge is -2.31. The van der Waals surface area contributed by atoms with Gasteiger partial charge in [0.15, 0.2) is 0 Å². The number of carbonyl (C=O) groups excluding carboxylic acids is 2. The van der Waals surface area contributed by atoms with E-state index >= 15 is 0 Å². The Bertz CT molecular complexity index is 916. The molecule has 0 aliphatic carbocycles. The molecule has 158 valence electrons. The quantitative estimate of drug-likeness (QED) is 0.717. The maximum absolute atomic E-state index is 13.3. The Morgan fingerprint density at radius 2 is 1.90 bits per heavy atom. The van der Waals surface area contributed by atoms with Gasteiger partial charge in [-0.3, -0.25) is 9.59 Å². The van der Waals surface area contributed by atoms with Crippen LogP contribution in [0.15, 0.2) is 48.5 Å². The summed E-state index contributed by atoms with van der Waals surface area (Å²) >= 11 is 5.99. The molecule has 2 aliphatic rings. The number of benzene rings is 2. The van der Waals surface area contributed by atoms with Crippen molar-refractivity contribution >= 4 is 23.4 Å². The Hall–Kier alpha value is -2.40. The first-order chi connectivity index (χ1) is 14.4. The normalized spacial score (nSPS) is 23.6. The van der Waals surface area contributed by atoms with E-state index in [2.05, 4.69) is 5.32 Å². The van der Waals surface area contributed by atoms with Crippen molar-refractivity contribution in [2.75, 3.05) is 6.54 Å². The Labute approximate surface area is 181 Å². The highest BCUT2D eigenvalue weighted by Gasteiger charge is 2.39. The summed E-state index contributed by atoms with van der Waals surface area (Å²) in [6.45, 7) is 0.720. The Morgan fingerprint density at radius 3 is 2.57 bits per heavy atom. The number of amides is 2. The van der Waals surface area contributed by atoms with Crippen LogP contribution in [-0.2, 0) is 16.0 Å². The van der Waals surface area contributed by atoms with Crippen LogP contribution >= 0.6 is 11.6 Å². The molecule has 2 aromatic carbocycles. The molecule has 6 heteroatoms. The van der Waals surface area contributed by atoms with Crippen LogP contribution in [0.3, 0.4) is 0 Å². The summed E-state index contributed by atoms with van der Waals surface area (Å²) in [7, 11) is 0. The van der Waals surface area contributed by atoms with Gasteiger partial charge in [0.25, 0.3) is 0 Å². The molecule has 0 saturated carbocycles. The van der Waals surface area contributed by atoms with E-state index in [0.717, 1.165) is 36.9 Å². The Balaban J connectivity index is 1.44. The van der Waals surface area contributed by atoms with Gasteiger partial charge >= 0.3 is 0 Å². The van der Waals surface area contributed by atoms with Crippen LogP contribution < -0.4 is 5.32 Å². The van der Waals surface area contributed by atoms with Crippen LogP contribution in [0.4, 0.5) is 4.39 Å². The number of rotatable bonds is 6. The fraction of sp³-hybridized carbons (Fsp3) is 0.417. The topological polar surface area (TPSA) is 49.4 Å². The molecule has 0 bridgehead atoms. The predicted octanol–water partition coefficient (Wildman–Crippen LogP) is 4.81. The van der Waals surface area contributed by atoms with E-state index in [1.165, 1.54) is 12.1 Å². The van der Waals surface area contributed by atoms with Gasteiger partial charge in [0.1, 0.15) is 5.82 Å². The van der Waals surface area contributed by atoms with Crippen LogP contribution in [-0.4, -0.2) is 28.8 Å². The van der Waals surface area contributed by atoms with E-state index in [1.54, 1.807) is 12.1 Å². The minimum absolute atomic E-state index is 0.00323. The van der Waals surface area contributed by atoms with Gasteiger partial charge in [-0.2, -0.15) is 0 Å². The smallest absolute Gasteiger partial charge is 0.223 e. The van der Waals surface area contributed by atoms with Crippen molar-refractivity contribution in [3.05, 3.63) is 70.5 Å². The third kappa shape index (κ3) is 4.67. The predicted molar refractivity (Wildman–Crippen MR) is 115 cm³/mol. The van der Waals surface area contributed by atoms with Gasteiger partial charge in [0.2, 0.25) is 11.8 Å². The molecule has 4 nitrogen and oxygen atoms in total. The zero-order valence-electron chi connectivity index (χ0n) is 16.9. The Morgan fingerprint density at radius 1 is 1.17 bits per heavy atom. The molecular weight excluding hydrogens is 403 g/mol. The van der Waals surface area contributed by atoms with Crippen LogP contribution in [0.2, 0.25) is 5.02 Å². The summed E-state index contributed by atoms with van der Waals surface area (Å²) in [6, 6.07) is 14.1. The highest BCUT2D eigenvalue weighted by atomic mass is 35.5. The lowest BCUT2D eigenvalue weighted by molar-refractivity contribution is -0.132. The van der Waals surface area contributed by atoms with E-state index in [-0.39, 0.29) is 23.7 Å². The average Bonchev–Trinajstić information content (AvgIpc) is 3.36. The molecule has 2 amide bonds. The maximum Gasteiger partial charge on any atom is 0.223 e.